The third-order valence-corrected chi connectivity index (χ3v) is 3.16. The number of ether oxygens (including phenoxy) is 1. The van der Waals surface area contributed by atoms with Gasteiger partial charge in [-0.15, -0.1) is 11.3 Å². The molecule has 0 unspecified atom stereocenters. The van der Waals surface area contributed by atoms with Crippen molar-refractivity contribution in [2.75, 3.05) is 12.0 Å². The number of phenolic OH excluding ortho intramolecular Hbond substituents is 1. The maximum atomic E-state index is 9.81. The fourth-order valence-electron chi connectivity index (χ4n) is 1.45. The van der Waals surface area contributed by atoms with Crippen LogP contribution in [0.2, 0.25) is 0 Å². The molecule has 2 N–H and O–H groups in total. The van der Waals surface area contributed by atoms with Gasteiger partial charge in [-0.2, -0.15) is 5.10 Å². The quantitative estimate of drug-likeness (QED) is 0.651. The van der Waals surface area contributed by atoms with Crippen molar-refractivity contribution >= 4 is 22.7 Å². The van der Waals surface area contributed by atoms with Crippen LogP contribution in [0, 0.1) is 6.92 Å². The highest BCUT2D eigenvalue weighted by molar-refractivity contribution is 7.13. The van der Waals surface area contributed by atoms with Crippen molar-refractivity contribution in [2.24, 2.45) is 5.10 Å². The number of nitrogens with zero attached hydrogens (tertiary/aromatic N) is 2. The molecule has 1 heterocycles. The van der Waals surface area contributed by atoms with Gasteiger partial charge in [-0.1, -0.05) is 0 Å². The normalized spacial score (nSPS) is 10.8. The number of hydrazone groups is 1. The van der Waals surface area contributed by atoms with Gasteiger partial charge in [-0.05, 0) is 26.0 Å². The lowest BCUT2D eigenvalue weighted by Gasteiger charge is -2.04. The van der Waals surface area contributed by atoms with E-state index in [1.165, 1.54) is 11.3 Å². The fourth-order valence-corrected chi connectivity index (χ4v) is 2.09. The molecule has 0 atom stereocenters. The van der Waals surface area contributed by atoms with E-state index >= 15 is 0 Å². The zero-order chi connectivity index (χ0) is 13.7. The Balaban J connectivity index is 2.02. The Kier molecular flexibility index (Phi) is 4.35. The molecule has 0 saturated heterocycles. The molecule has 0 amide bonds. The molecule has 1 aromatic carbocycles. The topological polar surface area (TPSA) is 66.7 Å². The Labute approximate surface area is 115 Å². The zero-order valence-electron chi connectivity index (χ0n) is 10.8. The number of thiazole rings is 1. The molecule has 100 valence electrons. The van der Waals surface area contributed by atoms with Gasteiger partial charge < -0.3 is 9.84 Å². The van der Waals surface area contributed by atoms with Crippen LogP contribution in [-0.2, 0) is 0 Å². The lowest BCUT2D eigenvalue weighted by atomic mass is 10.2. The molecule has 6 heteroatoms. The van der Waals surface area contributed by atoms with Gasteiger partial charge in [0.1, 0.15) is 11.5 Å². The Morgan fingerprint density at radius 1 is 1.53 bits per heavy atom. The van der Waals surface area contributed by atoms with Crippen LogP contribution < -0.4 is 10.2 Å². The van der Waals surface area contributed by atoms with Gasteiger partial charge in [0.2, 0.25) is 5.13 Å². The van der Waals surface area contributed by atoms with E-state index < -0.39 is 0 Å². The Bertz CT molecular complexity index is 581. The molecular formula is C13H15N3O2S. The van der Waals surface area contributed by atoms with E-state index in [1.807, 2.05) is 19.2 Å². The third kappa shape index (κ3) is 3.69. The number of anilines is 1. The van der Waals surface area contributed by atoms with Crippen LogP contribution in [0.3, 0.4) is 0 Å². The van der Waals surface area contributed by atoms with Crippen LogP contribution in [0.25, 0.3) is 0 Å². The summed E-state index contributed by atoms with van der Waals surface area (Å²) in [5.74, 6) is 0.771. The molecule has 5 nitrogen and oxygen atoms in total. The second-order valence-electron chi connectivity index (χ2n) is 3.82. The standard InChI is InChI=1S/C13H15N3O2S/c1-3-18-11-5-4-10(12(17)6-11)7-14-16-13-15-9(2)8-19-13/h4-8,17H,3H2,1-2H3,(H,15,16)/b14-7+. The first kappa shape index (κ1) is 13.4. The molecule has 0 aliphatic heterocycles. The summed E-state index contributed by atoms with van der Waals surface area (Å²) in [6.07, 6.45) is 1.54. The van der Waals surface area contributed by atoms with Crippen LogP contribution >= 0.6 is 11.3 Å². The molecular weight excluding hydrogens is 262 g/mol. The van der Waals surface area contributed by atoms with Crippen molar-refractivity contribution in [3.05, 3.63) is 34.8 Å². The van der Waals surface area contributed by atoms with Gasteiger partial charge in [0.25, 0.3) is 0 Å². The summed E-state index contributed by atoms with van der Waals surface area (Å²) in [6.45, 7) is 4.38. The van der Waals surface area contributed by atoms with Crippen LogP contribution in [0.5, 0.6) is 11.5 Å². The molecule has 0 radical (unpaired) electrons. The highest BCUT2D eigenvalue weighted by atomic mass is 32.1. The summed E-state index contributed by atoms with van der Waals surface area (Å²) in [5.41, 5.74) is 4.38. The summed E-state index contributed by atoms with van der Waals surface area (Å²) in [6, 6.07) is 5.11. The largest absolute Gasteiger partial charge is 0.507 e. The Morgan fingerprint density at radius 3 is 3.00 bits per heavy atom. The number of nitrogens with one attached hydrogen (secondary N) is 1. The summed E-state index contributed by atoms with van der Waals surface area (Å²) < 4.78 is 5.29. The van der Waals surface area contributed by atoms with Gasteiger partial charge in [0.05, 0.1) is 18.5 Å². The highest BCUT2D eigenvalue weighted by Gasteiger charge is 2.01. The predicted molar refractivity (Wildman–Crippen MR) is 77.3 cm³/mol. The number of aromatic nitrogens is 1. The van der Waals surface area contributed by atoms with E-state index in [0.717, 1.165) is 10.8 Å². The van der Waals surface area contributed by atoms with Gasteiger partial charge in [-0.25, -0.2) is 4.98 Å². The van der Waals surface area contributed by atoms with E-state index in [1.54, 1.807) is 24.4 Å². The van der Waals surface area contributed by atoms with E-state index in [2.05, 4.69) is 15.5 Å². The first-order valence-corrected chi connectivity index (χ1v) is 6.74. The van der Waals surface area contributed by atoms with Crippen molar-refractivity contribution in [2.45, 2.75) is 13.8 Å². The average molecular weight is 277 g/mol. The number of phenols is 1. The summed E-state index contributed by atoms with van der Waals surface area (Å²) in [5, 5.41) is 16.5. The Morgan fingerprint density at radius 2 is 2.37 bits per heavy atom. The average Bonchev–Trinajstić information content (AvgIpc) is 2.78. The number of aryl methyl sites for hydroxylation is 1. The molecule has 1 aromatic heterocycles. The van der Waals surface area contributed by atoms with Crippen molar-refractivity contribution in [3.8, 4) is 11.5 Å². The SMILES string of the molecule is CCOc1ccc(/C=N/Nc2nc(C)cs2)c(O)c1. The molecule has 0 aliphatic carbocycles. The van der Waals surface area contributed by atoms with Crippen molar-refractivity contribution < 1.29 is 9.84 Å². The van der Waals surface area contributed by atoms with E-state index in [4.69, 9.17) is 4.74 Å². The third-order valence-electron chi connectivity index (χ3n) is 2.30. The number of hydrogen-bond acceptors (Lipinski definition) is 6. The van der Waals surface area contributed by atoms with E-state index in [9.17, 15) is 5.11 Å². The number of benzene rings is 1. The van der Waals surface area contributed by atoms with Crippen molar-refractivity contribution in [1.29, 1.82) is 0 Å². The molecule has 0 spiro atoms. The van der Waals surface area contributed by atoms with Crippen LogP contribution in [0.4, 0.5) is 5.13 Å². The van der Waals surface area contributed by atoms with E-state index in [0.29, 0.717) is 17.9 Å². The minimum absolute atomic E-state index is 0.131. The van der Waals surface area contributed by atoms with E-state index in [-0.39, 0.29) is 5.75 Å². The summed E-state index contributed by atoms with van der Waals surface area (Å²) in [7, 11) is 0. The maximum absolute atomic E-state index is 9.81. The van der Waals surface area contributed by atoms with Crippen molar-refractivity contribution in [3.63, 3.8) is 0 Å². The fraction of sp³-hybridized carbons (Fsp3) is 0.231. The van der Waals surface area contributed by atoms with Gasteiger partial charge in [0.15, 0.2) is 0 Å². The Hall–Kier alpha value is -2.08. The lowest BCUT2D eigenvalue weighted by molar-refractivity contribution is 0.337. The number of rotatable bonds is 5. The highest BCUT2D eigenvalue weighted by Crippen LogP contribution is 2.22. The van der Waals surface area contributed by atoms with Crippen LogP contribution in [0.1, 0.15) is 18.2 Å². The van der Waals surface area contributed by atoms with Gasteiger partial charge in [0, 0.05) is 17.0 Å². The first-order chi connectivity index (χ1) is 9.19. The molecule has 2 aromatic rings. The predicted octanol–water partition coefficient (Wildman–Crippen LogP) is 3.00. The van der Waals surface area contributed by atoms with Crippen LogP contribution in [-0.4, -0.2) is 22.9 Å². The summed E-state index contributed by atoms with van der Waals surface area (Å²) in [4.78, 5) is 4.21. The minimum Gasteiger partial charge on any atom is -0.507 e. The molecule has 19 heavy (non-hydrogen) atoms. The zero-order valence-corrected chi connectivity index (χ0v) is 11.6. The first-order valence-electron chi connectivity index (χ1n) is 5.86. The molecule has 0 saturated carbocycles. The maximum Gasteiger partial charge on any atom is 0.203 e. The van der Waals surface area contributed by atoms with Crippen LogP contribution in [0.15, 0.2) is 28.7 Å². The summed E-state index contributed by atoms with van der Waals surface area (Å²) >= 11 is 1.48. The van der Waals surface area contributed by atoms with Gasteiger partial charge >= 0.3 is 0 Å². The van der Waals surface area contributed by atoms with Crippen molar-refractivity contribution in [1.82, 2.24) is 4.98 Å². The molecule has 2 rings (SSSR count). The second-order valence-corrected chi connectivity index (χ2v) is 4.68. The molecule has 0 fully saturated rings. The second kappa shape index (κ2) is 6.19. The smallest absolute Gasteiger partial charge is 0.203 e. The minimum atomic E-state index is 0.131. The number of hydrogen-bond donors (Lipinski definition) is 2. The molecule has 0 bridgehead atoms. The molecule has 0 aliphatic rings. The monoisotopic (exact) mass is 277 g/mol. The van der Waals surface area contributed by atoms with Gasteiger partial charge in [-0.3, -0.25) is 5.43 Å². The number of aromatic hydroxyl groups is 1. The lowest BCUT2D eigenvalue weighted by Crippen LogP contribution is -1.93.